The molecule has 4 rings (SSSR count). The average Bonchev–Trinajstić information content (AvgIpc) is 2.80. The molecule has 0 unspecified atom stereocenters. The Morgan fingerprint density at radius 1 is 0.903 bits per heavy atom. The van der Waals surface area contributed by atoms with Gasteiger partial charge in [0.1, 0.15) is 12.4 Å². The van der Waals surface area contributed by atoms with Crippen molar-refractivity contribution in [2.45, 2.75) is 20.0 Å². The van der Waals surface area contributed by atoms with E-state index in [1.807, 2.05) is 66.7 Å². The van der Waals surface area contributed by atoms with Crippen LogP contribution in [0.4, 0.5) is 0 Å². The molecule has 4 heteroatoms. The van der Waals surface area contributed by atoms with Crippen LogP contribution in [0, 0.1) is 6.92 Å². The summed E-state index contributed by atoms with van der Waals surface area (Å²) in [5.74, 6) is 0.642. The molecule has 0 saturated heterocycles. The van der Waals surface area contributed by atoms with Gasteiger partial charge in [0.15, 0.2) is 0 Å². The van der Waals surface area contributed by atoms with Crippen molar-refractivity contribution >= 4 is 22.9 Å². The van der Waals surface area contributed by atoms with Gasteiger partial charge in [0.25, 0.3) is 0 Å². The van der Waals surface area contributed by atoms with E-state index in [-0.39, 0.29) is 12.3 Å². The minimum Gasteiger partial charge on any atom is -0.489 e. The summed E-state index contributed by atoms with van der Waals surface area (Å²) in [5.41, 5.74) is 6.84. The van der Waals surface area contributed by atoms with Gasteiger partial charge in [-0.2, -0.15) is 5.10 Å². The van der Waals surface area contributed by atoms with Crippen molar-refractivity contribution in [3.05, 3.63) is 113 Å². The molecular formula is C27H24N2O2. The summed E-state index contributed by atoms with van der Waals surface area (Å²) in [4.78, 5) is 12.3. The lowest BCUT2D eigenvalue weighted by molar-refractivity contribution is -0.120. The zero-order chi connectivity index (χ0) is 21.5. The highest BCUT2D eigenvalue weighted by atomic mass is 16.5. The first-order chi connectivity index (χ1) is 15.2. The fraction of sp³-hybridized carbons (Fsp3) is 0.111. The number of aryl methyl sites for hydroxylation is 1. The molecule has 0 spiro atoms. The van der Waals surface area contributed by atoms with Gasteiger partial charge in [-0.1, -0.05) is 72.3 Å². The topological polar surface area (TPSA) is 50.7 Å². The summed E-state index contributed by atoms with van der Waals surface area (Å²) >= 11 is 0. The number of benzene rings is 4. The minimum absolute atomic E-state index is 0.148. The van der Waals surface area contributed by atoms with Gasteiger partial charge in [0.2, 0.25) is 5.91 Å². The standard InChI is InChI=1S/C27H24N2O2/c1-20-9-11-22(12-10-20)19-31-25-15-13-21(14-16-25)18-28-29-27(30)17-24-7-4-6-23-5-2-3-8-26(23)24/h2-16,18H,17,19H2,1H3,(H,29,30). The van der Waals surface area contributed by atoms with Crippen LogP contribution in [-0.2, 0) is 17.8 Å². The molecule has 0 aliphatic rings. The van der Waals surface area contributed by atoms with Gasteiger partial charge in [0.05, 0.1) is 12.6 Å². The molecule has 0 heterocycles. The van der Waals surface area contributed by atoms with Crippen LogP contribution in [0.3, 0.4) is 0 Å². The average molecular weight is 409 g/mol. The highest BCUT2D eigenvalue weighted by Gasteiger charge is 2.06. The van der Waals surface area contributed by atoms with Gasteiger partial charge in [0, 0.05) is 0 Å². The second-order valence-corrected chi connectivity index (χ2v) is 7.45. The molecular weight excluding hydrogens is 384 g/mol. The largest absolute Gasteiger partial charge is 0.489 e. The molecule has 1 amide bonds. The van der Waals surface area contributed by atoms with E-state index in [4.69, 9.17) is 4.74 Å². The SMILES string of the molecule is Cc1ccc(COc2ccc(C=NNC(=O)Cc3cccc4ccccc34)cc2)cc1. The van der Waals surface area contributed by atoms with E-state index >= 15 is 0 Å². The molecule has 0 aliphatic carbocycles. The van der Waals surface area contributed by atoms with Crippen molar-refractivity contribution < 1.29 is 9.53 Å². The Kier molecular flexibility index (Phi) is 6.38. The maximum absolute atomic E-state index is 12.3. The van der Waals surface area contributed by atoms with Crippen LogP contribution in [-0.4, -0.2) is 12.1 Å². The molecule has 0 bridgehead atoms. The molecule has 31 heavy (non-hydrogen) atoms. The molecule has 0 fully saturated rings. The Labute approximate surface area is 182 Å². The van der Waals surface area contributed by atoms with E-state index in [1.54, 1.807) is 6.21 Å². The van der Waals surface area contributed by atoms with Crippen LogP contribution < -0.4 is 10.2 Å². The molecule has 4 nitrogen and oxygen atoms in total. The molecule has 4 aromatic rings. The Morgan fingerprint density at radius 2 is 1.65 bits per heavy atom. The molecule has 154 valence electrons. The number of amides is 1. The third-order valence-corrected chi connectivity index (χ3v) is 5.04. The molecule has 4 aromatic carbocycles. The van der Waals surface area contributed by atoms with Crippen LogP contribution >= 0.6 is 0 Å². The van der Waals surface area contributed by atoms with E-state index < -0.39 is 0 Å². The zero-order valence-electron chi connectivity index (χ0n) is 17.4. The number of carbonyl (C=O) groups excluding carboxylic acids is 1. The summed E-state index contributed by atoms with van der Waals surface area (Å²) in [5, 5.41) is 6.30. The van der Waals surface area contributed by atoms with Gasteiger partial charge >= 0.3 is 0 Å². The number of fused-ring (bicyclic) bond motifs is 1. The summed E-state index contributed by atoms with van der Waals surface area (Å²) in [7, 11) is 0. The number of nitrogens with one attached hydrogen (secondary N) is 1. The summed E-state index contributed by atoms with van der Waals surface area (Å²) < 4.78 is 5.82. The Hall–Kier alpha value is -3.92. The third-order valence-electron chi connectivity index (χ3n) is 5.04. The number of hydrazone groups is 1. The fourth-order valence-corrected chi connectivity index (χ4v) is 3.34. The number of hydrogen-bond acceptors (Lipinski definition) is 3. The Bertz CT molecular complexity index is 1190. The summed E-state index contributed by atoms with van der Waals surface area (Å²) in [6.07, 6.45) is 1.91. The lowest BCUT2D eigenvalue weighted by Crippen LogP contribution is -2.19. The predicted molar refractivity (Wildman–Crippen MR) is 125 cm³/mol. The highest BCUT2D eigenvalue weighted by molar-refractivity contribution is 5.90. The van der Waals surface area contributed by atoms with E-state index in [0.29, 0.717) is 6.61 Å². The molecule has 0 saturated carbocycles. The molecule has 1 N–H and O–H groups in total. The van der Waals surface area contributed by atoms with Crippen LogP contribution in [0.25, 0.3) is 10.8 Å². The lowest BCUT2D eigenvalue weighted by atomic mass is 10.0. The van der Waals surface area contributed by atoms with Crippen molar-refractivity contribution in [1.82, 2.24) is 5.43 Å². The van der Waals surface area contributed by atoms with Crippen LogP contribution in [0.2, 0.25) is 0 Å². The highest BCUT2D eigenvalue weighted by Crippen LogP contribution is 2.19. The number of rotatable bonds is 7. The molecule has 0 aliphatic heterocycles. The normalized spacial score (nSPS) is 11.0. The number of nitrogens with zero attached hydrogens (tertiary/aromatic N) is 1. The molecule has 0 aromatic heterocycles. The smallest absolute Gasteiger partial charge is 0.244 e. The van der Waals surface area contributed by atoms with Crippen molar-refractivity contribution in [2.75, 3.05) is 0 Å². The van der Waals surface area contributed by atoms with E-state index in [9.17, 15) is 4.79 Å². The van der Waals surface area contributed by atoms with E-state index in [0.717, 1.165) is 33.2 Å². The second kappa shape index (κ2) is 9.72. The maximum Gasteiger partial charge on any atom is 0.244 e. The quantitative estimate of drug-likeness (QED) is 0.328. The van der Waals surface area contributed by atoms with Crippen LogP contribution in [0.15, 0.2) is 96.1 Å². The monoisotopic (exact) mass is 408 g/mol. The minimum atomic E-state index is -0.148. The van der Waals surface area contributed by atoms with Gasteiger partial charge < -0.3 is 4.74 Å². The first kappa shape index (κ1) is 20.4. The summed E-state index contributed by atoms with van der Waals surface area (Å²) in [6, 6.07) is 29.9. The van der Waals surface area contributed by atoms with Gasteiger partial charge in [-0.25, -0.2) is 5.43 Å². The number of carbonyl (C=O) groups is 1. The Morgan fingerprint density at radius 3 is 2.45 bits per heavy atom. The van der Waals surface area contributed by atoms with Crippen molar-refractivity contribution in [1.29, 1.82) is 0 Å². The fourth-order valence-electron chi connectivity index (χ4n) is 3.34. The number of ether oxygens (including phenoxy) is 1. The Balaban J connectivity index is 1.29. The molecule has 0 atom stereocenters. The molecule has 0 radical (unpaired) electrons. The van der Waals surface area contributed by atoms with Gasteiger partial charge in [-0.15, -0.1) is 0 Å². The zero-order valence-corrected chi connectivity index (χ0v) is 17.4. The second-order valence-electron chi connectivity index (χ2n) is 7.45. The van der Waals surface area contributed by atoms with Crippen molar-refractivity contribution in [3.8, 4) is 5.75 Å². The predicted octanol–water partition coefficient (Wildman–Crippen LogP) is 5.42. The van der Waals surface area contributed by atoms with E-state index in [2.05, 4.69) is 41.7 Å². The maximum atomic E-state index is 12.3. The van der Waals surface area contributed by atoms with Crippen molar-refractivity contribution in [2.24, 2.45) is 5.10 Å². The van der Waals surface area contributed by atoms with Crippen LogP contribution in [0.5, 0.6) is 5.75 Å². The third kappa shape index (κ3) is 5.58. The van der Waals surface area contributed by atoms with Gasteiger partial charge in [-0.3, -0.25) is 4.79 Å². The van der Waals surface area contributed by atoms with Gasteiger partial charge in [-0.05, 0) is 58.7 Å². The van der Waals surface area contributed by atoms with E-state index in [1.165, 1.54) is 5.56 Å². The number of hydrogen-bond donors (Lipinski definition) is 1. The van der Waals surface area contributed by atoms with Crippen molar-refractivity contribution in [3.63, 3.8) is 0 Å². The first-order valence-electron chi connectivity index (χ1n) is 10.2. The van der Waals surface area contributed by atoms with Crippen LogP contribution in [0.1, 0.15) is 22.3 Å². The first-order valence-corrected chi connectivity index (χ1v) is 10.2. The summed E-state index contributed by atoms with van der Waals surface area (Å²) in [6.45, 7) is 2.59. The lowest BCUT2D eigenvalue weighted by Gasteiger charge is -2.07.